The second kappa shape index (κ2) is 5.13. The normalized spacial score (nSPS) is 25.7. The minimum atomic E-state index is -0.359. The Labute approximate surface area is 99.4 Å². The lowest BCUT2D eigenvalue weighted by Crippen LogP contribution is -2.41. The van der Waals surface area contributed by atoms with Crippen LogP contribution in [0.25, 0.3) is 0 Å². The van der Waals surface area contributed by atoms with Crippen molar-refractivity contribution in [3.05, 3.63) is 34.6 Å². The number of hydrogen-bond acceptors (Lipinski definition) is 2. The first kappa shape index (κ1) is 11.8. The van der Waals surface area contributed by atoms with Crippen molar-refractivity contribution >= 4 is 11.6 Å². The Morgan fingerprint density at radius 1 is 1.50 bits per heavy atom. The Morgan fingerprint density at radius 2 is 2.31 bits per heavy atom. The Balaban J connectivity index is 2.10. The standard InChI is InChI=1S/C12H15ClFNO/c13-10-3-1-2-8(12(10)14)6-9-7-15-5-4-11(9)16/h1-3,9,11,15-16H,4-7H2. The number of hydrogen-bond donors (Lipinski definition) is 2. The topological polar surface area (TPSA) is 32.3 Å². The maximum atomic E-state index is 13.6. The number of aliphatic hydroxyl groups excluding tert-OH is 1. The minimum absolute atomic E-state index is 0.0710. The lowest BCUT2D eigenvalue weighted by atomic mass is 9.89. The molecule has 1 fully saturated rings. The third-order valence-electron chi connectivity index (χ3n) is 3.08. The van der Waals surface area contributed by atoms with Crippen LogP contribution in [0.4, 0.5) is 4.39 Å². The lowest BCUT2D eigenvalue weighted by molar-refractivity contribution is 0.0787. The first-order valence-corrected chi connectivity index (χ1v) is 5.88. The van der Waals surface area contributed by atoms with Gasteiger partial charge in [0.2, 0.25) is 0 Å². The fraction of sp³-hybridized carbons (Fsp3) is 0.500. The zero-order valence-corrected chi connectivity index (χ0v) is 9.67. The second-order valence-corrected chi connectivity index (χ2v) is 4.64. The molecule has 2 rings (SSSR count). The van der Waals surface area contributed by atoms with Gasteiger partial charge in [0.15, 0.2) is 0 Å². The maximum Gasteiger partial charge on any atom is 0.144 e. The molecule has 0 aromatic heterocycles. The molecule has 1 heterocycles. The van der Waals surface area contributed by atoms with Crippen molar-refractivity contribution in [3.8, 4) is 0 Å². The van der Waals surface area contributed by atoms with Crippen LogP contribution in [0, 0.1) is 11.7 Å². The average Bonchev–Trinajstić information content (AvgIpc) is 2.28. The molecule has 16 heavy (non-hydrogen) atoms. The van der Waals surface area contributed by atoms with Crippen LogP contribution in [-0.2, 0) is 6.42 Å². The molecule has 2 N–H and O–H groups in total. The van der Waals surface area contributed by atoms with Gasteiger partial charge in [0.05, 0.1) is 11.1 Å². The molecule has 1 aliphatic heterocycles. The van der Waals surface area contributed by atoms with E-state index < -0.39 is 0 Å². The van der Waals surface area contributed by atoms with E-state index in [4.69, 9.17) is 11.6 Å². The summed E-state index contributed by atoms with van der Waals surface area (Å²) in [4.78, 5) is 0. The molecule has 0 spiro atoms. The van der Waals surface area contributed by atoms with Crippen molar-refractivity contribution in [2.24, 2.45) is 5.92 Å². The molecule has 2 unspecified atom stereocenters. The van der Waals surface area contributed by atoms with E-state index in [2.05, 4.69) is 5.32 Å². The molecule has 1 aromatic rings. The number of piperidine rings is 1. The third kappa shape index (κ3) is 2.54. The molecule has 2 nitrogen and oxygen atoms in total. The van der Waals surface area contributed by atoms with Gasteiger partial charge < -0.3 is 10.4 Å². The number of nitrogens with one attached hydrogen (secondary N) is 1. The summed E-state index contributed by atoms with van der Waals surface area (Å²) in [7, 11) is 0. The van der Waals surface area contributed by atoms with Gasteiger partial charge in [0.25, 0.3) is 0 Å². The van der Waals surface area contributed by atoms with Gasteiger partial charge >= 0.3 is 0 Å². The van der Waals surface area contributed by atoms with Gasteiger partial charge in [0.1, 0.15) is 5.82 Å². The Kier molecular flexibility index (Phi) is 3.79. The van der Waals surface area contributed by atoms with Crippen LogP contribution in [-0.4, -0.2) is 24.3 Å². The third-order valence-corrected chi connectivity index (χ3v) is 3.37. The van der Waals surface area contributed by atoms with Gasteiger partial charge in [-0.3, -0.25) is 0 Å². The van der Waals surface area contributed by atoms with E-state index in [1.807, 2.05) is 0 Å². The van der Waals surface area contributed by atoms with Gasteiger partial charge in [-0.05, 0) is 31.0 Å². The van der Waals surface area contributed by atoms with E-state index in [0.717, 1.165) is 19.5 Å². The summed E-state index contributed by atoms with van der Waals surface area (Å²) in [5, 5.41) is 13.1. The summed E-state index contributed by atoms with van der Waals surface area (Å²) in [6, 6.07) is 5.00. The summed E-state index contributed by atoms with van der Waals surface area (Å²) in [6.45, 7) is 1.56. The predicted molar refractivity (Wildman–Crippen MR) is 62.1 cm³/mol. The zero-order chi connectivity index (χ0) is 11.5. The average molecular weight is 244 g/mol. The quantitative estimate of drug-likeness (QED) is 0.833. The van der Waals surface area contributed by atoms with Gasteiger partial charge in [0, 0.05) is 12.5 Å². The highest BCUT2D eigenvalue weighted by atomic mass is 35.5. The van der Waals surface area contributed by atoms with Gasteiger partial charge in [-0.1, -0.05) is 23.7 Å². The van der Waals surface area contributed by atoms with Crippen LogP contribution in [0.1, 0.15) is 12.0 Å². The van der Waals surface area contributed by atoms with Crippen molar-refractivity contribution in [3.63, 3.8) is 0 Å². The Hall–Kier alpha value is -0.640. The second-order valence-electron chi connectivity index (χ2n) is 4.24. The molecule has 2 atom stereocenters. The number of rotatable bonds is 2. The Morgan fingerprint density at radius 3 is 3.06 bits per heavy atom. The van der Waals surface area contributed by atoms with Crippen LogP contribution in [0.3, 0.4) is 0 Å². The largest absolute Gasteiger partial charge is 0.393 e. The molecule has 0 amide bonds. The van der Waals surface area contributed by atoms with Crippen molar-refractivity contribution < 1.29 is 9.50 Å². The molecule has 0 bridgehead atoms. The molecule has 0 saturated carbocycles. The van der Waals surface area contributed by atoms with Crippen LogP contribution in [0.15, 0.2) is 18.2 Å². The van der Waals surface area contributed by atoms with E-state index in [1.165, 1.54) is 6.07 Å². The number of aliphatic hydroxyl groups is 1. The lowest BCUT2D eigenvalue weighted by Gasteiger charge is -2.28. The minimum Gasteiger partial charge on any atom is -0.393 e. The van der Waals surface area contributed by atoms with E-state index in [1.54, 1.807) is 12.1 Å². The first-order chi connectivity index (χ1) is 7.68. The molecule has 1 saturated heterocycles. The van der Waals surface area contributed by atoms with Crippen molar-refractivity contribution in [1.82, 2.24) is 5.32 Å². The number of halogens is 2. The first-order valence-electron chi connectivity index (χ1n) is 5.50. The number of benzene rings is 1. The SMILES string of the molecule is OC1CCNCC1Cc1cccc(Cl)c1F. The summed E-state index contributed by atoms with van der Waals surface area (Å²) in [5.74, 6) is -0.288. The van der Waals surface area contributed by atoms with E-state index >= 15 is 0 Å². The molecule has 0 radical (unpaired) electrons. The van der Waals surface area contributed by atoms with Gasteiger partial charge in [-0.15, -0.1) is 0 Å². The molecular formula is C12H15ClFNO. The van der Waals surface area contributed by atoms with Crippen LogP contribution < -0.4 is 5.32 Å². The molecule has 88 valence electrons. The summed E-state index contributed by atoms with van der Waals surface area (Å²) >= 11 is 5.71. The van der Waals surface area contributed by atoms with Crippen molar-refractivity contribution in [2.75, 3.05) is 13.1 Å². The van der Waals surface area contributed by atoms with E-state index in [-0.39, 0.29) is 22.9 Å². The van der Waals surface area contributed by atoms with Crippen LogP contribution in [0.2, 0.25) is 5.02 Å². The van der Waals surface area contributed by atoms with Crippen LogP contribution in [0.5, 0.6) is 0 Å². The molecular weight excluding hydrogens is 229 g/mol. The van der Waals surface area contributed by atoms with E-state index in [9.17, 15) is 9.50 Å². The highest BCUT2D eigenvalue weighted by molar-refractivity contribution is 6.30. The van der Waals surface area contributed by atoms with Gasteiger partial charge in [-0.2, -0.15) is 0 Å². The van der Waals surface area contributed by atoms with Crippen LogP contribution >= 0.6 is 11.6 Å². The van der Waals surface area contributed by atoms with Crippen molar-refractivity contribution in [2.45, 2.75) is 18.9 Å². The monoisotopic (exact) mass is 243 g/mol. The summed E-state index contributed by atoms with van der Waals surface area (Å²) in [6.07, 6.45) is 0.910. The summed E-state index contributed by atoms with van der Waals surface area (Å²) in [5.41, 5.74) is 0.584. The fourth-order valence-corrected chi connectivity index (χ4v) is 2.30. The fourth-order valence-electron chi connectivity index (χ4n) is 2.11. The molecule has 0 aliphatic carbocycles. The highest BCUT2D eigenvalue weighted by Crippen LogP contribution is 2.23. The van der Waals surface area contributed by atoms with Crippen molar-refractivity contribution in [1.29, 1.82) is 0 Å². The Bertz CT molecular complexity index is 372. The molecule has 1 aromatic carbocycles. The van der Waals surface area contributed by atoms with E-state index in [0.29, 0.717) is 12.0 Å². The molecule has 4 heteroatoms. The predicted octanol–water partition coefficient (Wildman–Crippen LogP) is 1.99. The van der Waals surface area contributed by atoms with Gasteiger partial charge in [-0.25, -0.2) is 4.39 Å². The summed E-state index contributed by atoms with van der Waals surface area (Å²) < 4.78 is 13.6. The maximum absolute atomic E-state index is 13.6. The smallest absolute Gasteiger partial charge is 0.144 e. The zero-order valence-electron chi connectivity index (χ0n) is 8.92. The highest BCUT2D eigenvalue weighted by Gasteiger charge is 2.24. The molecule has 1 aliphatic rings.